The summed E-state index contributed by atoms with van der Waals surface area (Å²) in [7, 11) is 0. The van der Waals surface area contributed by atoms with Crippen LogP contribution in [0.5, 0.6) is 0 Å². The van der Waals surface area contributed by atoms with E-state index in [2.05, 4.69) is 55.2 Å². The van der Waals surface area contributed by atoms with Gasteiger partial charge >= 0.3 is 0 Å². The molecule has 0 aliphatic carbocycles. The second-order valence-corrected chi connectivity index (χ2v) is 5.93. The van der Waals surface area contributed by atoms with Crippen molar-refractivity contribution in [2.45, 2.75) is 13.8 Å². The summed E-state index contributed by atoms with van der Waals surface area (Å²) in [4.78, 5) is 4.57. The Kier molecular flexibility index (Phi) is 3.23. The van der Waals surface area contributed by atoms with Crippen molar-refractivity contribution in [2.24, 2.45) is 0 Å². The Morgan fingerprint density at radius 1 is 0.783 bits per heavy atom. The van der Waals surface area contributed by atoms with Crippen molar-refractivity contribution in [3.05, 3.63) is 78.0 Å². The van der Waals surface area contributed by atoms with E-state index in [0.717, 1.165) is 33.6 Å². The lowest BCUT2D eigenvalue weighted by atomic mass is 10.0. The number of aryl methyl sites for hydroxylation is 2. The third-order valence-electron chi connectivity index (χ3n) is 3.99. The Bertz CT molecular complexity index is 963. The van der Waals surface area contributed by atoms with Gasteiger partial charge in [-0.25, -0.2) is 0 Å². The molecular formula is C21H17NO. The predicted molar refractivity (Wildman–Crippen MR) is 94.4 cm³/mol. The Labute approximate surface area is 135 Å². The Balaban J connectivity index is 1.93. The molecule has 0 spiro atoms. The Hall–Kier alpha value is -2.87. The number of nitrogens with zero attached hydrogens (tertiary/aromatic N) is 1. The third kappa shape index (κ3) is 2.53. The van der Waals surface area contributed by atoms with Crippen molar-refractivity contribution in [3.8, 4) is 22.6 Å². The smallest absolute Gasteiger partial charge is 0.161 e. The van der Waals surface area contributed by atoms with Crippen molar-refractivity contribution in [3.63, 3.8) is 0 Å². The fourth-order valence-electron chi connectivity index (χ4n) is 3.03. The molecule has 0 saturated heterocycles. The van der Waals surface area contributed by atoms with E-state index in [1.165, 1.54) is 11.1 Å². The first kappa shape index (κ1) is 13.8. The SMILES string of the molecule is Cc1cc(C)cc(-c2nccc3cc(-c4ccccc4)oc23)c1. The third-order valence-corrected chi connectivity index (χ3v) is 3.99. The van der Waals surface area contributed by atoms with Gasteiger partial charge in [-0.05, 0) is 38.1 Å². The van der Waals surface area contributed by atoms with E-state index in [9.17, 15) is 0 Å². The summed E-state index contributed by atoms with van der Waals surface area (Å²) in [5.74, 6) is 0.874. The predicted octanol–water partition coefficient (Wildman–Crippen LogP) is 5.78. The maximum atomic E-state index is 6.16. The summed E-state index contributed by atoms with van der Waals surface area (Å²) < 4.78 is 6.16. The van der Waals surface area contributed by atoms with E-state index in [0.29, 0.717) is 0 Å². The second kappa shape index (κ2) is 5.40. The van der Waals surface area contributed by atoms with Gasteiger partial charge in [-0.15, -0.1) is 0 Å². The molecule has 0 radical (unpaired) electrons. The first-order chi connectivity index (χ1) is 11.2. The standard InChI is InChI=1S/C21H17NO/c1-14-10-15(2)12-18(11-14)20-21-17(8-9-22-20)13-19(23-21)16-6-4-3-5-7-16/h3-13H,1-2H3. The summed E-state index contributed by atoms with van der Waals surface area (Å²) >= 11 is 0. The highest BCUT2D eigenvalue weighted by Gasteiger charge is 2.12. The summed E-state index contributed by atoms with van der Waals surface area (Å²) in [6, 6.07) is 20.7. The fraction of sp³-hybridized carbons (Fsp3) is 0.0952. The number of fused-ring (bicyclic) bond motifs is 1. The first-order valence-corrected chi connectivity index (χ1v) is 7.73. The van der Waals surface area contributed by atoms with Crippen molar-refractivity contribution >= 4 is 11.0 Å². The largest absolute Gasteiger partial charge is 0.454 e. The van der Waals surface area contributed by atoms with Crippen LogP contribution >= 0.6 is 0 Å². The molecule has 2 aromatic carbocycles. The minimum absolute atomic E-state index is 0.844. The number of benzene rings is 2. The average molecular weight is 299 g/mol. The molecule has 0 unspecified atom stereocenters. The molecule has 4 aromatic rings. The normalized spacial score (nSPS) is 11.0. The van der Waals surface area contributed by atoms with Gasteiger partial charge in [-0.1, -0.05) is 47.5 Å². The Morgan fingerprint density at radius 3 is 2.26 bits per heavy atom. The van der Waals surface area contributed by atoms with Crippen LogP contribution in [0.3, 0.4) is 0 Å². The zero-order valence-electron chi connectivity index (χ0n) is 13.2. The van der Waals surface area contributed by atoms with Gasteiger partial charge in [0.1, 0.15) is 11.5 Å². The van der Waals surface area contributed by atoms with Crippen molar-refractivity contribution in [1.29, 1.82) is 0 Å². The van der Waals surface area contributed by atoms with Crippen LogP contribution in [0.15, 0.2) is 71.3 Å². The van der Waals surface area contributed by atoms with Crippen LogP contribution in [0.1, 0.15) is 11.1 Å². The quantitative estimate of drug-likeness (QED) is 0.469. The molecule has 0 atom stereocenters. The molecule has 0 amide bonds. The summed E-state index contributed by atoms with van der Waals surface area (Å²) in [5, 5.41) is 1.08. The summed E-state index contributed by atoms with van der Waals surface area (Å²) in [6.07, 6.45) is 1.85. The minimum atomic E-state index is 0.844. The molecule has 2 nitrogen and oxygen atoms in total. The van der Waals surface area contributed by atoms with Crippen LogP contribution in [0.4, 0.5) is 0 Å². The number of aromatic nitrogens is 1. The van der Waals surface area contributed by atoms with Gasteiger partial charge < -0.3 is 4.42 Å². The van der Waals surface area contributed by atoms with Gasteiger partial charge in [-0.3, -0.25) is 4.98 Å². The van der Waals surface area contributed by atoms with E-state index in [4.69, 9.17) is 4.42 Å². The van der Waals surface area contributed by atoms with E-state index in [1.54, 1.807) is 0 Å². The summed E-state index contributed by atoms with van der Waals surface area (Å²) in [5.41, 5.74) is 6.38. The molecule has 2 heterocycles. The van der Waals surface area contributed by atoms with Crippen molar-refractivity contribution in [1.82, 2.24) is 4.98 Å². The lowest BCUT2D eigenvalue weighted by Gasteiger charge is -2.05. The molecule has 112 valence electrons. The second-order valence-electron chi connectivity index (χ2n) is 5.93. The molecule has 2 heteroatoms. The van der Waals surface area contributed by atoms with Crippen LogP contribution < -0.4 is 0 Å². The first-order valence-electron chi connectivity index (χ1n) is 7.73. The van der Waals surface area contributed by atoms with Crippen LogP contribution in [0, 0.1) is 13.8 Å². The van der Waals surface area contributed by atoms with Gasteiger partial charge in [0, 0.05) is 22.7 Å². The molecule has 0 saturated carbocycles. The van der Waals surface area contributed by atoms with Gasteiger partial charge in [0.2, 0.25) is 0 Å². The average Bonchev–Trinajstić information content (AvgIpc) is 2.99. The van der Waals surface area contributed by atoms with Crippen LogP contribution in [0.2, 0.25) is 0 Å². The molecule has 0 aliphatic heterocycles. The topological polar surface area (TPSA) is 26.0 Å². The summed E-state index contributed by atoms with van der Waals surface area (Å²) in [6.45, 7) is 4.21. The highest BCUT2D eigenvalue weighted by molar-refractivity contribution is 5.92. The monoisotopic (exact) mass is 299 g/mol. The van der Waals surface area contributed by atoms with Gasteiger partial charge in [-0.2, -0.15) is 0 Å². The number of hydrogen-bond acceptors (Lipinski definition) is 2. The zero-order chi connectivity index (χ0) is 15.8. The zero-order valence-corrected chi connectivity index (χ0v) is 13.2. The molecule has 23 heavy (non-hydrogen) atoms. The van der Waals surface area contributed by atoms with Crippen LogP contribution in [-0.2, 0) is 0 Å². The lowest BCUT2D eigenvalue weighted by molar-refractivity contribution is 0.631. The molecular weight excluding hydrogens is 282 g/mol. The van der Waals surface area contributed by atoms with E-state index in [1.807, 2.05) is 30.5 Å². The van der Waals surface area contributed by atoms with E-state index < -0.39 is 0 Å². The van der Waals surface area contributed by atoms with Crippen LogP contribution in [0.25, 0.3) is 33.6 Å². The van der Waals surface area contributed by atoms with Gasteiger partial charge in [0.05, 0.1) is 0 Å². The minimum Gasteiger partial charge on any atom is -0.454 e. The number of pyridine rings is 1. The Morgan fingerprint density at radius 2 is 1.52 bits per heavy atom. The van der Waals surface area contributed by atoms with Crippen molar-refractivity contribution in [2.75, 3.05) is 0 Å². The van der Waals surface area contributed by atoms with Gasteiger partial charge in [0.15, 0.2) is 5.58 Å². The maximum absolute atomic E-state index is 6.16. The van der Waals surface area contributed by atoms with Gasteiger partial charge in [0.25, 0.3) is 0 Å². The molecule has 0 bridgehead atoms. The maximum Gasteiger partial charge on any atom is 0.161 e. The fourth-order valence-corrected chi connectivity index (χ4v) is 3.03. The number of hydrogen-bond donors (Lipinski definition) is 0. The van der Waals surface area contributed by atoms with Crippen molar-refractivity contribution < 1.29 is 4.42 Å². The highest BCUT2D eigenvalue weighted by Crippen LogP contribution is 2.33. The lowest BCUT2D eigenvalue weighted by Crippen LogP contribution is -1.86. The van der Waals surface area contributed by atoms with Crippen LogP contribution in [-0.4, -0.2) is 4.98 Å². The molecule has 0 aliphatic rings. The number of rotatable bonds is 2. The molecule has 2 aromatic heterocycles. The molecule has 0 N–H and O–H groups in total. The molecule has 0 fully saturated rings. The van der Waals surface area contributed by atoms with E-state index >= 15 is 0 Å². The van der Waals surface area contributed by atoms with E-state index in [-0.39, 0.29) is 0 Å². The molecule has 4 rings (SSSR count). The highest BCUT2D eigenvalue weighted by atomic mass is 16.3. The number of furan rings is 1.